The number of aliphatic imine (C=N–C) groups is 1. The van der Waals surface area contributed by atoms with Crippen LogP contribution in [-0.2, 0) is 11.2 Å². The molecule has 1 aromatic heterocycles. The molecule has 0 bridgehead atoms. The smallest absolute Gasteiger partial charge is 0.253 e. The Kier molecular flexibility index (Phi) is 2.32. The summed E-state index contributed by atoms with van der Waals surface area (Å²) in [4.78, 5) is 16.5. The molecule has 1 aromatic rings. The second-order valence-electron chi connectivity index (χ2n) is 4.56. The van der Waals surface area contributed by atoms with Crippen molar-refractivity contribution in [1.82, 2.24) is 5.32 Å². The van der Waals surface area contributed by atoms with Crippen molar-refractivity contribution in [1.29, 1.82) is 0 Å². The summed E-state index contributed by atoms with van der Waals surface area (Å²) >= 11 is 1.68. The van der Waals surface area contributed by atoms with Gasteiger partial charge in [-0.05, 0) is 35.2 Å². The lowest BCUT2D eigenvalue weighted by atomic mass is 9.99. The topological polar surface area (TPSA) is 41.5 Å². The molecule has 0 atom stereocenters. The van der Waals surface area contributed by atoms with Crippen LogP contribution in [0.4, 0.5) is 0 Å². The van der Waals surface area contributed by atoms with Gasteiger partial charge in [-0.15, -0.1) is 0 Å². The standard InChI is InChI=1S/C12H14N2OS/c15-11-12(4-1-2-5-12)14-10(13-11)7-9-3-6-16-8-9/h3,6,8H,1-2,4-5,7H2,(H,13,14,15). The van der Waals surface area contributed by atoms with E-state index in [2.05, 4.69) is 27.1 Å². The molecule has 84 valence electrons. The SMILES string of the molecule is O=C1NC(Cc2ccsc2)=NC12CCCC2. The van der Waals surface area contributed by atoms with Gasteiger partial charge in [-0.2, -0.15) is 11.3 Å². The number of nitrogens with one attached hydrogen (secondary N) is 1. The number of carbonyl (C=O) groups is 1. The third-order valence-electron chi connectivity index (χ3n) is 3.41. The van der Waals surface area contributed by atoms with Gasteiger partial charge in [-0.25, -0.2) is 0 Å². The first kappa shape index (κ1) is 10.0. The predicted molar refractivity (Wildman–Crippen MR) is 64.8 cm³/mol. The Morgan fingerprint density at radius 2 is 2.25 bits per heavy atom. The van der Waals surface area contributed by atoms with E-state index in [1.807, 2.05) is 0 Å². The van der Waals surface area contributed by atoms with E-state index in [0.29, 0.717) is 0 Å². The minimum atomic E-state index is -0.397. The lowest BCUT2D eigenvalue weighted by molar-refractivity contribution is -0.123. The highest BCUT2D eigenvalue weighted by molar-refractivity contribution is 7.08. The number of amidine groups is 1. The molecular formula is C12H14N2OS. The average molecular weight is 234 g/mol. The fraction of sp³-hybridized carbons (Fsp3) is 0.500. The van der Waals surface area contributed by atoms with Crippen LogP contribution < -0.4 is 5.32 Å². The van der Waals surface area contributed by atoms with E-state index < -0.39 is 5.54 Å². The van der Waals surface area contributed by atoms with Crippen LogP contribution in [0.2, 0.25) is 0 Å². The Hall–Kier alpha value is -1.16. The number of nitrogens with zero attached hydrogens (tertiary/aromatic N) is 1. The van der Waals surface area contributed by atoms with Gasteiger partial charge in [-0.1, -0.05) is 12.8 Å². The molecule has 0 unspecified atom stereocenters. The molecule has 1 spiro atoms. The third-order valence-corrected chi connectivity index (χ3v) is 4.14. The van der Waals surface area contributed by atoms with Crippen molar-refractivity contribution in [3.8, 4) is 0 Å². The number of amides is 1. The largest absolute Gasteiger partial charge is 0.312 e. The normalized spacial score (nSPS) is 22.5. The molecule has 2 aliphatic rings. The fourth-order valence-corrected chi connectivity index (χ4v) is 3.22. The first-order valence-corrected chi connectivity index (χ1v) is 6.64. The van der Waals surface area contributed by atoms with Crippen molar-refractivity contribution in [2.24, 2.45) is 4.99 Å². The maximum Gasteiger partial charge on any atom is 0.253 e. The predicted octanol–water partition coefficient (Wildman–Crippen LogP) is 2.13. The van der Waals surface area contributed by atoms with E-state index in [1.165, 1.54) is 5.56 Å². The van der Waals surface area contributed by atoms with Crippen LogP contribution >= 0.6 is 11.3 Å². The van der Waals surface area contributed by atoms with Gasteiger partial charge in [-0.3, -0.25) is 9.79 Å². The summed E-state index contributed by atoms with van der Waals surface area (Å²) in [5.41, 5.74) is 0.838. The minimum Gasteiger partial charge on any atom is -0.312 e. The Bertz CT molecular complexity index is 430. The lowest BCUT2D eigenvalue weighted by Gasteiger charge is -2.14. The Morgan fingerprint density at radius 3 is 2.94 bits per heavy atom. The lowest BCUT2D eigenvalue weighted by Crippen LogP contribution is -2.37. The highest BCUT2D eigenvalue weighted by Crippen LogP contribution is 2.36. The van der Waals surface area contributed by atoms with E-state index in [4.69, 9.17) is 0 Å². The van der Waals surface area contributed by atoms with E-state index in [-0.39, 0.29) is 5.91 Å². The fourth-order valence-electron chi connectivity index (χ4n) is 2.55. The van der Waals surface area contributed by atoms with E-state index >= 15 is 0 Å². The second-order valence-corrected chi connectivity index (χ2v) is 5.34. The second kappa shape index (κ2) is 3.70. The summed E-state index contributed by atoms with van der Waals surface area (Å²) in [6.07, 6.45) is 4.86. The summed E-state index contributed by atoms with van der Waals surface area (Å²) in [6.45, 7) is 0. The first-order valence-electron chi connectivity index (χ1n) is 5.70. The van der Waals surface area contributed by atoms with Gasteiger partial charge in [0.25, 0.3) is 5.91 Å². The van der Waals surface area contributed by atoms with Crippen molar-refractivity contribution >= 4 is 23.1 Å². The molecule has 1 saturated carbocycles. The van der Waals surface area contributed by atoms with Crippen molar-refractivity contribution < 1.29 is 4.79 Å². The molecule has 16 heavy (non-hydrogen) atoms. The van der Waals surface area contributed by atoms with Crippen LogP contribution in [0.5, 0.6) is 0 Å². The zero-order valence-corrected chi connectivity index (χ0v) is 9.85. The number of hydrogen-bond acceptors (Lipinski definition) is 3. The van der Waals surface area contributed by atoms with Gasteiger partial charge in [0.05, 0.1) is 0 Å². The minimum absolute atomic E-state index is 0.121. The molecule has 1 N–H and O–H groups in total. The van der Waals surface area contributed by atoms with Gasteiger partial charge in [0.2, 0.25) is 0 Å². The Balaban J connectivity index is 1.80. The van der Waals surface area contributed by atoms with Gasteiger partial charge in [0.15, 0.2) is 0 Å². The van der Waals surface area contributed by atoms with Crippen LogP contribution in [0.3, 0.4) is 0 Å². The number of thiophene rings is 1. The van der Waals surface area contributed by atoms with Crippen molar-refractivity contribution in [2.45, 2.75) is 37.6 Å². The zero-order chi connectivity index (χ0) is 11.0. The van der Waals surface area contributed by atoms with Crippen LogP contribution in [0, 0.1) is 0 Å². The van der Waals surface area contributed by atoms with Crippen LogP contribution in [0.15, 0.2) is 21.8 Å². The summed E-state index contributed by atoms with van der Waals surface area (Å²) in [5, 5.41) is 7.10. The maximum atomic E-state index is 11.9. The number of carbonyl (C=O) groups excluding carboxylic acids is 1. The summed E-state index contributed by atoms with van der Waals surface area (Å²) in [7, 11) is 0. The highest BCUT2D eigenvalue weighted by atomic mass is 32.1. The molecule has 1 aliphatic heterocycles. The van der Waals surface area contributed by atoms with Gasteiger partial charge in [0, 0.05) is 6.42 Å². The molecule has 1 amide bonds. The summed E-state index contributed by atoms with van der Waals surface area (Å²) in [6, 6.07) is 2.08. The van der Waals surface area contributed by atoms with E-state index in [1.54, 1.807) is 11.3 Å². The Morgan fingerprint density at radius 1 is 1.44 bits per heavy atom. The van der Waals surface area contributed by atoms with Gasteiger partial charge < -0.3 is 5.32 Å². The van der Waals surface area contributed by atoms with Crippen LogP contribution in [-0.4, -0.2) is 17.3 Å². The maximum absolute atomic E-state index is 11.9. The molecular weight excluding hydrogens is 220 g/mol. The number of hydrogen-bond donors (Lipinski definition) is 1. The van der Waals surface area contributed by atoms with Gasteiger partial charge in [0.1, 0.15) is 11.4 Å². The van der Waals surface area contributed by atoms with Crippen LogP contribution in [0.1, 0.15) is 31.2 Å². The molecule has 1 aliphatic carbocycles. The molecule has 0 aromatic carbocycles. The molecule has 2 heterocycles. The zero-order valence-electron chi connectivity index (χ0n) is 9.03. The monoisotopic (exact) mass is 234 g/mol. The Labute approximate surface area is 98.6 Å². The van der Waals surface area contributed by atoms with E-state index in [0.717, 1.165) is 37.9 Å². The quantitative estimate of drug-likeness (QED) is 0.836. The molecule has 0 saturated heterocycles. The molecule has 3 nitrogen and oxygen atoms in total. The van der Waals surface area contributed by atoms with E-state index in [9.17, 15) is 4.79 Å². The molecule has 4 heteroatoms. The van der Waals surface area contributed by atoms with Crippen molar-refractivity contribution in [3.63, 3.8) is 0 Å². The molecule has 1 fully saturated rings. The first-order chi connectivity index (χ1) is 7.78. The van der Waals surface area contributed by atoms with Crippen LogP contribution in [0.25, 0.3) is 0 Å². The highest BCUT2D eigenvalue weighted by Gasteiger charge is 2.45. The molecule has 0 radical (unpaired) electrons. The average Bonchev–Trinajstić information content (AvgIpc) is 2.93. The summed E-state index contributed by atoms with van der Waals surface area (Å²) < 4.78 is 0. The summed E-state index contributed by atoms with van der Waals surface area (Å²) in [5.74, 6) is 0.973. The van der Waals surface area contributed by atoms with Crippen molar-refractivity contribution in [3.05, 3.63) is 22.4 Å². The van der Waals surface area contributed by atoms with Gasteiger partial charge >= 0.3 is 0 Å². The molecule has 3 rings (SSSR count). The van der Waals surface area contributed by atoms with Crippen molar-refractivity contribution in [2.75, 3.05) is 0 Å². The third kappa shape index (κ3) is 1.57. The number of rotatable bonds is 2.